The molecule has 2 heterocycles. The molecule has 108 valence electrons. The second-order valence-electron chi connectivity index (χ2n) is 4.31. The van der Waals surface area contributed by atoms with Crippen molar-refractivity contribution in [2.75, 3.05) is 12.3 Å². The maximum absolute atomic E-state index is 11.9. The number of aromatic nitrogens is 4. The van der Waals surface area contributed by atoms with E-state index in [9.17, 15) is 4.79 Å². The van der Waals surface area contributed by atoms with E-state index >= 15 is 0 Å². The Bertz CT molecular complexity index is 725. The van der Waals surface area contributed by atoms with Crippen LogP contribution in [0.1, 0.15) is 5.69 Å². The molecule has 0 spiro atoms. The van der Waals surface area contributed by atoms with Crippen LogP contribution >= 0.6 is 11.8 Å². The number of benzene rings is 1. The maximum atomic E-state index is 11.9. The fraction of sp³-hybridized carbons (Fsp3) is 0.231. The molecule has 0 aliphatic heterocycles. The minimum atomic E-state index is -0.0743. The van der Waals surface area contributed by atoms with E-state index in [1.807, 2.05) is 24.3 Å². The number of rotatable bonds is 6. The highest BCUT2D eigenvalue weighted by Crippen LogP contribution is 2.18. The summed E-state index contributed by atoms with van der Waals surface area (Å²) < 4.78 is 5.17. The predicted octanol–water partition coefficient (Wildman–Crippen LogP) is 1.40. The lowest BCUT2D eigenvalue weighted by atomic mass is 10.2. The highest BCUT2D eigenvalue weighted by atomic mass is 32.2. The number of carbonyl (C=O) groups excluding carboxylic acids is 1. The van der Waals surface area contributed by atoms with Crippen LogP contribution in [0.25, 0.3) is 11.0 Å². The summed E-state index contributed by atoms with van der Waals surface area (Å²) in [6.45, 7) is 0.562. The van der Waals surface area contributed by atoms with Gasteiger partial charge in [-0.05, 0) is 12.1 Å². The molecule has 0 saturated carbocycles. The average molecular weight is 303 g/mol. The number of nitrogens with one attached hydrogen (secondary N) is 2. The standard InChI is InChI=1S/C13H13N5O2S/c19-12(14-5-6-21-13-8-15-18-16-13)7-10-9-3-1-2-4-11(9)20-17-10/h1-4,8H,5-7H2,(H,14,19)(H,15,16,18). The highest BCUT2D eigenvalue weighted by molar-refractivity contribution is 7.99. The first-order chi connectivity index (χ1) is 10.3. The molecule has 1 amide bonds. The lowest BCUT2D eigenvalue weighted by Crippen LogP contribution is -2.27. The van der Waals surface area contributed by atoms with Crippen molar-refractivity contribution >= 4 is 28.6 Å². The molecular formula is C13H13N5O2S. The number of fused-ring (bicyclic) bond motifs is 1. The molecule has 0 aliphatic rings. The molecule has 0 bridgehead atoms. The van der Waals surface area contributed by atoms with Crippen LogP contribution in [-0.2, 0) is 11.2 Å². The Hall–Kier alpha value is -2.35. The van der Waals surface area contributed by atoms with Crippen LogP contribution < -0.4 is 5.32 Å². The number of H-pyrrole nitrogens is 1. The quantitative estimate of drug-likeness (QED) is 0.528. The van der Waals surface area contributed by atoms with Gasteiger partial charge in [0, 0.05) is 17.7 Å². The molecule has 0 saturated heterocycles. The smallest absolute Gasteiger partial charge is 0.226 e. The van der Waals surface area contributed by atoms with Crippen LogP contribution in [0.4, 0.5) is 0 Å². The molecule has 2 N–H and O–H groups in total. The monoisotopic (exact) mass is 303 g/mol. The minimum Gasteiger partial charge on any atom is -0.356 e. The zero-order valence-electron chi connectivity index (χ0n) is 11.1. The van der Waals surface area contributed by atoms with Crippen molar-refractivity contribution < 1.29 is 9.32 Å². The van der Waals surface area contributed by atoms with Gasteiger partial charge in [-0.2, -0.15) is 10.3 Å². The topological polar surface area (TPSA) is 96.7 Å². The van der Waals surface area contributed by atoms with Crippen LogP contribution in [0.3, 0.4) is 0 Å². The van der Waals surface area contributed by atoms with Crippen molar-refractivity contribution in [1.29, 1.82) is 0 Å². The Labute approximate surface area is 124 Å². The van der Waals surface area contributed by atoms with Gasteiger partial charge in [0.05, 0.1) is 12.6 Å². The number of hydrogen-bond acceptors (Lipinski definition) is 6. The van der Waals surface area contributed by atoms with Gasteiger partial charge in [-0.1, -0.05) is 17.3 Å². The maximum Gasteiger partial charge on any atom is 0.226 e. The second kappa shape index (κ2) is 6.40. The van der Waals surface area contributed by atoms with Crippen molar-refractivity contribution in [3.8, 4) is 0 Å². The van der Waals surface area contributed by atoms with Crippen LogP contribution in [0.5, 0.6) is 0 Å². The van der Waals surface area contributed by atoms with E-state index < -0.39 is 0 Å². The first-order valence-electron chi connectivity index (χ1n) is 6.41. The molecule has 0 atom stereocenters. The van der Waals surface area contributed by atoms with E-state index in [0.717, 1.165) is 16.2 Å². The molecule has 3 rings (SSSR count). The van der Waals surface area contributed by atoms with Gasteiger partial charge in [0.25, 0.3) is 0 Å². The minimum absolute atomic E-state index is 0.0743. The Balaban J connectivity index is 1.48. The SMILES string of the molecule is O=C(Cc1noc2ccccc12)NCCSc1cn[nH]n1. The van der Waals surface area contributed by atoms with Crippen LogP contribution in [0, 0.1) is 0 Å². The van der Waals surface area contributed by atoms with Crippen molar-refractivity contribution in [2.45, 2.75) is 11.4 Å². The summed E-state index contributed by atoms with van der Waals surface area (Å²) in [7, 11) is 0. The van der Waals surface area contributed by atoms with Gasteiger partial charge in [-0.15, -0.1) is 16.9 Å². The van der Waals surface area contributed by atoms with Gasteiger partial charge < -0.3 is 9.84 Å². The number of aromatic amines is 1. The van der Waals surface area contributed by atoms with E-state index in [0.29, 0.717) is 17.8 Å². The molecule has 7 nitrogen and oxygen atoms in total. The summed E-state index contributed by atoms with van der Waals surface area (Å²) in [5.41, 5.74) is 1.36. The number of nitrogens with zero attached hydrogens (tertiary/aromatic N) is 3. The third-order valence-corrected chi connectivity index (χ3v) is 3.75. The lowest BCUT2D eigenvalue weighted by Gasteiger charge is -2.02. The molecular weight excluding hydrogens is 290 g/mol. The first kappa shape index (κ1) is 13.6. The third-order valence-electron chi connectivity index (χ3n) is 2.85. The second-order valence-corrected chi connectivity index (χ2v) is 5.42. The number of carbonyl (C=O) groups is 1. The van der Waals surface area contributed by atoms with E-state index in [-0.39, 0.29) is 12.3 Å². The molecule has 0 fully saturated rings. The summed E-state index contributed by atoms with van der Waals surface area (Å²) in [6, 6.07) is 7.50. The molecule has 3 aromatic rings. The van der Waals surface area contributed by atoms with Crippen molar-refractivity contribution in [3.05, 3.63) is 36.2 Å². The van der Waals surface area contributed by atoms with Gasteiger partial charge in [-0.25, -0.2) is 0 Å². The molecule has 0 aliphatic carbocycles. The zero-order chi connectivity index (χ0) is 14.5. The van der Waals surface area contributed by atoms with Crippen LogP contribution in [0.15, 0.2) is 40.0 Å². The van der Waals surface area contributed by atoms with Crippen LogP contribution in [0.2, 0.25) is 0 Å². The summed E-state index contributed by atoms with van der Waals surface area (Å²) in [6.07, 6.45) is 1.86. The summed E-state index contributed by atoms with van der Waals surface area (Å²) in [5, 5.41) is 18.7. The molecule has 21 heavy (non-hydrogen) atoms. The Morgan fingerprint density at radius 2 is 2.29 bits per heavy atom. The Kier molecular flexibility index (Phi) is 4.15. The van der Waals surface area contributed by atoms with E-state index in [2.05, 4.69) is 25.9 Å². The first-order valence-corrected chi connectivity index (χ1v) is 7.40. The largest absolute Gasteiger partial charge is 0.356 e. The summed E-state index contributed by atoms with van der Waals surface area (Å²) in [5.74, 6) is 0.660. The summed E-state index contributed by atoms with van der Waals surface area (Å²) in [4.78, 5) is 11.9. The Morgan fingerprint density at radius 1 is 1.38 bits per heavy atom. The number of thioether (sulfide) groups is 1. The van der Waals surface area contributed by atoms with E-state index in [1.54, 1.807) is 6.20 Å². The summed E-state index contributed by atoms with van der Waals surface area (Å²) >= 11 is 1.53. The molecule has 0 unspecified atom stereocenters. The van der Waals surface area contributed by atoms with Gasteiger partial charge in [0.2, 0.25) is 5.91 Å². The Morgan fingerprint density at radius 3 is 3.14 bits per heavy atom. The fourth-order valence-electron chi connectivity index (χ4n) is 1.89. The normalized spacial score (nSPS) is 10.9. The number of para-hydroxylation sites is 1. The fourth-order valence-corrected chi connectivity index (χ4v) is 2.53. The zero-order valence-corrected chi connectivity index (χ0v) is 11.9. The highest BCUT2D eigenvalue weighted by Gasteiger charge is 2.11. The van der Waals surface area contributed by atoms with Gasteiger partial charge in [0.15, 0.2) is 5.58 Å². The third kappa shape index (κ3) is 3.40. The molecule has 8 heteroatoms. The predicted molar refractivity (Wildman–Crippen MR) is 77.8 cm³/mol. The van der Waals surface area contributed by atoms with E-state index in [1.165, 1.54) is 11.8 Å². The van der Waals surface area contributed by atoms with Crippen molar-refractivity contribution in [2.24, 2.45) is 0 Å². The number of amides is 1. The van der Waals surface area contributed by atoms with Gasteiger partial charge in [0.1, 0.15) is 10.7 Å². The van der Waals surface area contributed by atoms with Crippen LogP contribution in [-0.4, -0.2) is 38.8 Å². The number of hydrogen-bond donors (Lipinski definition) is 2. The molecule has 1 aromatic carbocycles. The molecule has 2 aromatic heterocycles. The van der Waals surface area contributed by atoms with Gasteiger partial charge in [-0.3, -0.25) is 4.79 Å². The van der Waals surface area contributed by atoms with Crippen molar-refractivity contribution in [3.63, 3.8) is 0 Å². The lowest BCUT2D eigenvalue weighted by molar-refractivity contribution is -0.120. The van der Waals surface area contributed by atoms with Crippen molar-refractivity contribution in [1.82, 2.24) is 25.9 Å². The van der Waals surface area contributed by atoms with E-state index in [4.69, 9.17) is 4.52 Å². The molecule has 0 radical (unpaired) electrons. The van der Waals surface area contributed by atoms with Gasteiger partial charge >= 0.3 is 0 Å². The average Bonchev–Trinajstić information content (AvgIpc) is 3.14.